The van der Waals surface area contributed by atoms with Crippen LogP contribution in [0.3, 0.4) is 0 Å². The lowest BCUT2D eigenvalue weighted by atomic mass is 10.2. The van der Waals surface area contributed by atoms with Gasteiger partial charge in [-0.05, 0) is 0 Å². The fourth-order valence-electron chi connectivity index (χ4n) is 0.390. The highest BCUT2D eigenvalue weighted by atomic mass is 19.4. The lowest BCUT2D eigenvalue weighted by molar-refractivity contribution is -0.116. The summed E-state index contributed by atoms with van der Waals surface area (Å²) in [6.07, 6.45) is -4.90. The van der Waals surface area contributed by atoms with Crippen molar-refractivity contribution in [2.75, 3.05) is 0 Å². The zero-order valence-electron chi connectivity index (χ0n) is 5.64. The molecule has 7 heteroatoms. The normalized spacial score (nSPS) is 13.2. The van der Waals surface area contributed by atoms with Crippen molar-refractivity contribution in [2.24, 2.45) is 11.5 Å². The predicted molar refractivity (Wildman–Crippen MR) is 32.1 cm³/mol. The Bertz CT molecular complexity index is 273. The molecule has 1 amide bonds. The first-order chi connectivity index (χ1) is 5.30. The highest BCUT2D eigenvalue weighted by molar-refractivity contribution is 5.96. The maximum Gasteiger partial charge on any atom is 0.432 e. The fraction of sp³-hybridized carbons (Fsp3) is 0.200. The third-order valence-corrected chi connectivity index (χ3v) is 0.933. The number of halogens is 3. The third-order valence-electron chi connectivity index (χ3n) is 0.933. The van der Waals surface area contributed by atoms with Crippen molar-refractivity contribution in [2.45, 2.75) is 6.18 Å². The summed E-state index contributed by atoms with van der Waals surface area (Å²) in [7, 11) is 0. The van der Waals surface area contributed by atoms with Crippen molar-refractivity contribution < 1.29 is 18.0 Å². The smallest absolute Gasteiger partial charge is 0.393 e. The largest absolute Gasteiger partial charge is 0.432 e. The van der Waals surface area contributed by atoms with Gasteiger partial charge in [-0.2, -0.15) is 18.4 Å². The minimum absolute atomic E-state index is 0.968. The average Bonchev–Trinajstić information content (AvgIpc) is 1.86. The lowest BCUT2D eigenvalue weighted by Crippen LogP contribution is -2.26. The van der Waals surface area contributed by atoms with Crippen LogP contribution in [0, 0.1) is 11.3 Å². The van der Waals surface area contributed by atoms with E-state index in [4.69, 9.17) is 5.26 Å². The van der Waals surface area contributed by atoms with Crippen LogP contribution in [0.2, 0.25) is 0 Å². The summed E-state index contributed by atoms with van der Waals surface area (Å²) < 4.78 is 35.1. The van der Waals surface area contributed by atoms with Gasteiger partial charge >= 0.3 is 6.18 Å². The number of hydrogen-bond donors (Lipinski definition) is 2. The van der Waals surface area contributed by atoms with E-state index in [1.54, 1.807) is 0 Å². The average molecular weight is 179 g/mol. The molecular formula is C5H4F3N3O. The first kappa shape index (κ1) is 10.3. The molecule has 0 rings (SSSR count). The van der Waals surface area contributed by atoms with E-state index in [1.807, 2.05) is 0 Å². The molecule has 0 aromatic carbocycles. The van der Waals surface area contributed by atoms with Crippen LogP contribution in [-0.2, 0) is 4.79 Å². The van der Waals surface area contributed by atoms with Crippen LogP contribution in [0.4, 0.5) is 13.2 Å². The minimum atomic E-state index is -4.90. The SMILES string of the molecule is N#C/C(C(N)=O)=C(\N)C(F)(F)F. The second-order valence-corrected chi connectivity index (χ2v) is 1.76. The molecule has 0 aliphatic carbocycles. The van der Waals surface area contributed by atoms with E-state index in [1.165, 1.54) is 0 Å². The van der Waals surface area contributed by atoms with E-state index in [0.717, 1.165) is 6.07 Å². The summed E-state index contributed by atoms with van der Waals surface area (Å²) in [5, 5.41) is 8.04. The molecule has 0 fully saturated rings. The zero-order valence-corrected chi connectivity index (χ0v) is 5.64. The molecule has 0 atom stereocenters. The lowest BCUT2D eigenvalue weighted by Gasteiger charge is -2.06. The van der Waals surface area contributed by atoms with Gasteiger partial charge in [0.15, 0.2) is 0 Å². The number of allylic oxidation sites excluding steroid dienone is 1. The van der Waals surface area contributed by atoms with Gasteiger partial charge in [-0.25, -0.2) is 0 Å². The van der Waals surface area contributed by atoms with Crippen LogP contribution >= 0.6 is 0 Å². The molecule has 12 heavy (non-hydrogen) atoms. The van der Waals surface area contributed by atoms with Crippen molar-refractivity contribution in [1.82, 2.24) is 0 Å². The quantitative estimate of drug-likeness (QED) is 0.430. The van der Waals surface area contributed by atoms with E-state index in [9.17, 15) is 18.0 Å². The summed E-state index contributed by atoms with van der Waals surface area (Å²) in [4.78, 5) is 10.2. The van der Waals surface area contributed by atoms with Crippen LogP contribution in [0.15, 0.2) is 11.3 Å². The number of nitrogens with two attached hydrogens (primary N) is 2. The van der Waals surface area contributed by atoms with Gasteiger partial charge in [-0.15, -0.1) is 0 Å². The van der Waals surface area contributed by atoms with E-state index in [2.05, 4.69) is 11.5 Å². The number of alkyl halides is 3. The number of nitriles is 1. The number of nitrogens with zero attached hydrogens (tertiary/aromatic N) is 1. The standard InChI is InChI=1S/C5H4F3N3O/c6-5(7,8)3(10)2(1-9)4(11)12/h10H2,(H2,11,12)/b3-2+. The second-order valence-electron chi connectivity index (χ2n) is 1.76. The molecule has 0 aliphatic heterocycles. The Balaban J connectivity index is 5.17. The fourth-order valence-corrected chi connectivity index (χ4v) is 0.390. The number of rotatable bonds is 1. The highest BCUT2D eigenvalue weighted by Crippen LogP contribution is 2.23. The topological polar surface area (TPSA) is 92.9 Å². The van der Waals surface area contributed by atoms with Crippen LogP contribution in [0.25, 0.3) is 0 Å². The maximum atomic E-state index is 11.7. The summed E-state index contributed by atoms with van der Waals surface area (Å²) >= 11 is 0. The molecule has 0 spiro atoms. The van der Waals surface area contributed by atoms with Gasteiger partial charge in [0.1, 0.15) is 17.3 Å². The number of primary amides is 1. The molecule has 0 aromatic heterocycles. The van der Waals surface area contributed by atoms with Crippen molar-refractivity contribution in [1.29, 1.82) is 5.26 Å². The van der Waals surface area contributed by atoms with Crippen LogP contribution < -0.4 is 11.5 Å². The molecule has 4 N–H and O–H groups in total. The third kappa shape index (κ3) is 2.16. The van der Waals surface area contributed by atoms with E-state index in [0.29, 0.717) is 0 Å². The summed E-state index contributed by atoms with van der Waals surface area (Å²) in [5.41, 5.74) is 5.84. The van der Waals surface area contributed by atoms with Gasteiger partial charge in [0.2, 0.25) is 0 Å². The molecule has 4 nitrogen and oxygen atoms in total. The zero-order chi connectivity index (χ0) is 9.94. The minimum Gasteiger partial charge on any atom is -0.393 e. The van der Waals surface area contributed by atoms with Gasteiger partial charge in [-0.3, -0.25) is 4.79 Å². The maximum absolute atomic E-state index is 11.7. The van der Waals surface area contributed by atoms with Gasteiger partial charge in [0.05, 0.1) is 0 Å². The Morgan fingerprint density at radius 1 is 1.33 bits per heavy atom. The first-order valence-corrected chi connectivity index (χ1v) is 2.57. The molecule has 0 bridgehead atoms. The first-order valence-electron chi connectivity index (χ1n) is 2.57. The molecular weight excluding hydrogens is 175 g/mol. The molecule has 0 aromatic rings. The van der Waals surface area contributed by atoms with Crippen molar-refractivity contribution >= 4 is 5.91 Å². The Kier molecular flexibility index (Phi) is 2.68. The van der Waals surface area contributed by atoms with Crippen molar-refractivity contribution in [3.05, 3.63) is 11.3 Å². The number of amides is 1. The Hall–Kier alpha value is -1.71. The Labute approximate surface area is 65.2 Å². The van der Waals surface area contributed by atoms with Gasteiger partial charge < -0.3 is 11.5 Å². The summed E-state index contributed by atoms with van der Waals surface area (Å²) in [5.74, 6) is -1.49. The monoisotopic (exact) mass is 179 g/mol. The summed E-state index contributed by atoms with van der Waals surface area (Å²) in [6.45, 7) is 0. The second kappa shape index (κ2) is 3.13. The van der Waals surface area contributed by atoms with Gasteiger partial charge in [0, 0.05) is 0 Å². The number of hydrogen-bond acceptors (Lipinski definition) is 3. The van der Waals surface area contributed by atoms with Crippen LogP contribution in [-0.4, -0.2) is 12.1 Å². The molecule has 0 unspecified atom stereocenters. The van der Waals surface area contributed by atoms with Crippen molar-refractivity contribution in [3.63, 3.8) is 0 Å². The summed E-state index contributed by atoms with van der Waals surface area (Å²) in [6, 6.07) is 0.968. The molecule has 0 heterocycles. The molecule has 0 saturated heterocycles. The van der Waals surface area contributed by atoms with Gasteiger partial charge in [-0.1, -0.05) is 0 Å². The number of carbonyl (C=O) groups is 1. The van der Waals surface area contributed by atoms with E-state index in [-0.39, 0.29) is 0 Å². The molecule has 0 radical (unpaired) electrons. The van der Waals surface area contributed by atoms with Crippen LogP contribution in [0.1, 0.15) is 0 Å². The highest BCUT2D eigenvalue weighted by Gasteiger charge is 2.35. The number of carbonyl (C=O) groups excluding carboxylic acids is 1. The Morgan fingerprint density at radius 3 is 1.83 bits per heavy atom. The molecule has 0 aliphatic rings. The molecule has 0 saturated carbocycles. The van der Waals surface area contributed by atoms with E-state index < -0.39 is 23.4 Å². The van der Waals surface area contributed by atoms with Crippen LogP contribution in [0.5, 0.6) is 0 Å². The molecule has 66 valence electrons. The van der Waals surface area contributed by atoms with Crippen molar-refractivity contribution in [3.8, 4) is 6.07 Å². The Morgan fingerprint density at radius 2 is 1.75 bits per heavy atom. The van der Waals surface area contributed by atoms with E-state index >= 15 is 0 Å². The van der Waals surface area contributed by atoms with Gasteiger partial charge in [0.25, 0.3) is 5.91 Å². The predicted octanol–water partition coefficient (Wildman–Crippen LogP) is -0.230.